The summed E-state index contributed by atoms with van der Waals surface area (Å²) in [5.74, 6) is 0.630. The zero-order valence-electron chi connectivity index (χ0n) is 19.6. The third-order valence-electron chi connectivity index (χ3n) is 6.01. The molecule has 0 aliphatic carbocycles. The predicted octanol–water partition coefficient (Wildman–Crippen LogP) is 4.16. The Balaban J connectivity index is 1.61. The van der Waals surface area contributed by atoms with Crippen molar-refractivity contribution in [3.63, 3.8) is 0 Å². The molecule has 2 atom stereocenters. The van der Waals surface area contributed by atoms with E-state index in [-0.39, 0.29) is 18.7 Å². The number of aromatic nitrogens is 1. The maximum absolute atomic E-state index is 12.8. The van der Waals surface area contributed by atoms with E-state index in [1.807, 2.05) is 42.5 Å². The van der Waals surface area contributed by atoms with Crippen molar-refractivity contribution in [1.29, 1.82) is 0 Å². The van der Waals surface area contributed by atoms with E-state index in [4.69, 9.17) is 25.9 Å². The van der Waals surface area contributed by atoms with E-state index >= 15 is 0 Å². The van der Waals surface area contributed by atoms with Crippen LogP contribution in [0.25, 0.3) is 10.9 Å². The Morgan fingerprint density at radius 3 is 2.76 bits per heavy atom. The molecule has 1 aromatic heterocycles. The van der Waals surface area contributed by atoms with E-state index in [9.17, 15) is 9.90 Å². The van der Waals surface area contributed by atoms with Crippen molar-refractivity contribution in [2.75, 3.05) is 40.5 Å². The number of hydrogen-bond acceptors (Lipinski definition) is 6. The molecule has 4 rings (SSSR count). The molecule has 1 aliphatic heterocycles. The molecule has 182 valence electrons. The van der Waals surface area contributed by atoms with Crippen LogP contribution in [0.15, 0.2) is 42.5 Å². The third-order valence-corrected chi connectivity index (χ3v) is 6.24. The summed E-state index contributed by atoms with van der Waals surface area (Å²) in [6.07, 6.45) is -0.330. The number of likely N-dealkylation sites (N-methyl/N-ethyl adjacent to an activating group) is 1. The molecule has 34 heavy (non-hydrogen) atoms. The highest BCUT2D eigenvalue weighted by Gasteiger charge is 2.35. The Labute approximate surface area is 203 Å². The number of rotatable bonds is 8. The van der Waals surface area contributed by atoms with Gasteiger partial charge in [0.2, 0.25) is 0 Å². The molecule has 1 amide bonds. The zero-order valence-corrected chi connectivity index (χ0v) is 20.3. The number of aromatic amines is 1. The van der Waals surface area contributed by atoms with E-state index < -0.39 is 6.10 Å². The average Bonchev–Trinajstić information content (AvgIpc) is 3.20. The molecule has 0 bridgehead atoms. The maximum atomic E-state index is 12.8. The molecular formula is C25H30ClN3O5. The van der Waals surface area contributed by atoms with Gasteiger partial charge in [-0.15, -0.1) is 0 Å². The van der Waals surface area contributed by atoms with Crippen LogP contribution in [0, 0.1) is 0 Å². The van der Waals surface area contributed by atoms with Crippen molar-refractivity contribution < 1.29 is 24.2 Å². The number of hydrogen-bond donors (Lipinski definition) is 2. The summed E-state index contributed by atoms with van der Waals surface area (Å²) in [7, 11) is 3.29. The molecule has 2 unspecified atom stereocenters. The van der Waals surface area contributed by atoms with E-state index in [1.165, 1.54) is 5.06 Å². The molecule has 0 spiro atoms. The van der Waals surface area contributed by atoms with Crippen LogP contribution < -0.4 is 4.74 Å². The van der Waals surface area contributed by atoms with Gasteiger partial charge >= 0.3 is 6.09 Å². The van der Waals surface area contributed by atoms with Crippen LogP contribution in [0.3, 0.4) is 0 Å². The van der Waals surface area contributed by atoms with Crippen LogP contribution in [0.1, 0.15) is 29.8 Å². The highest BCUT2D eigenvalue weighted by atomic mass is 35.5. The number of ether oxygens (including phenoxy) is 2. The first-order chi connectivity index (χ1) is 16.4. The highest BCUT2D eigenvalue weighted by molar-refractivity contribution is 6.31. The third kappa shape index (κ3) is 5.15. The Hall–Kier alpha value is -2.78. The minimum atomic E-state index is -0.692. The number of carbonyl (C=O) groups excluding carboxylic acids is 1. The topological polar surface area (TPSA) is 87.3 Å². The number of halogens is 1. The lowest BCUT2D eigenvalue weighted by atomic mass is 9.92. The lowest BCUT2D eigenvalue weighted by Gasteiger charge is -2.35. The van der Waals surface area contributed by atoms with Gasteiger partial charge in [0.05, 0.1) is 20.3 Å². The quantitative estimate of drug-likeness (QED) is 0.464. The van der Waals surface area contributed by atoms with E-state index in [0.29, 0.717) is 36.9 Å². The second kappa shape index (κ2) is 10.7. The van der Waals surface area contributed by atoms with Crippen molar-refractivity contribution in [3.05, 3.63) is 64.3 Å². The zero-order chi connectivity index (χ0) is 24.2. The number of amides is 1. The first kappa shape index (κ1) is 24.3. The number of nitrogens with zero attached hydrogens (tertiary/aromatic N) is 2. The standard InChI is InChI=1S/C25H30ClN3O5/c1-4-33-25(31)29-12-11-20-21-13-17(26)7-10-22(21)27-23(20)24(29)16-5-8-19(9-6-16)34-15-18(30)14-28(2)32-3/h5-10,13,18,24,27,30H,4,11-12,14-15H2,1-3H3. The minimum Gasteiger partial charge on any atom is -0.491 e. The van der Waals surface area contributed by atoms with Crippen LogP contribution in [-0.4, -0.2) is 72.7 Å². The molecule has 2 heterocycles. The fourth-order valence-corrected chi connectivity index (χ4v) is 4.55. The maximum Gasteiger partial charge on any atom is 0.410 e. The number of nitrogens with one attached hydrogen (secondary N) is 1. The van der Waals surface area contributed by atoms with Crippen LogP contribution in [0.5, 0.6) is 5.75 Å². The monoisotopic (exact) mass is 487 g/mol. The number of carbonyl (C=O) groups is 1. The Morgan fingerprint density at radius 1 is 1.29 bits per heavy atom. The van der Waals surface area contributed by atoms with Gasteiger partial charge in [-0.25, -0.2) is 4.79 Å². The van der Waals surface area contributed by atoms with Crippen LogP contribution in [-0.2, 0) is 16.0 Å². The fraction of sp³-hybridized carbons (Fsp3) is 0.400. The smallest absolute Gasteiger partial charge is 0.410 e. The minimum absolute atomic E-state index is 0.137. The van der Waals surface area contributed by atoms with Crippen LogP contribution in [0.4, 0.5) is 4.79 Å². The molecule has 0 saturated carbocycles. The van der Waals surface area contributed by atoms with Gasteiger partial charge in [0.1, 0.15) is 24.5 Å². The van der Waals surface area contributed by atoms with Crippen molar-refractivity contribution in [1.82, 2.24) is 14.9 Å². The van der Waals surface area contributed by atoms with Gasteiger partial charge in [0, 0.05) is 35.2 Å². The number of hydroxylamine groups is 2. The molecule has 1 aliphatic rings. The average molecular weight is 488 g/mol. The summed E-state index contributed by atoms with van der Waals surface area (Å²) >= 11 is 6.26. The Kier molecular flexibility index (Phi) is 7.63. The van der Waals surface area contributed by atoms with Crippen LogP contribution >= 0.6 is 11.6 Å². The normalized spacial score (nSPS) is 16.5. The van der Waals surface area contributed by atoms with Crippen molar-refractivity contribution in [3.8, 4) is 5.75 Å². The second-order valence-electron chi connectivity index (χ2n) is 8.28. The Morgan fingerprint density at radius 2 is 2.06 bits per heavy atom. The van der Waals surface area contributed by atoms with E-state index in [2.05, 4.69) is 4.98 Å². The summed E-state index contributed by atoms with van der Waals surface area (Å²) in [6, 6.07) is 13.0. The summed E-state index contributed by atoms with van der Waals surface area (Å²) in [6.45, 7) is 3.12. The summed E-state index contributed by atoms with van der Waals surface area (Å²) in [5.41, 5.74) is 4.04. The molecular weight excluding hydrogens is 458 g/mol. The first-order valence-electron chi connectivity index (χ1n) is 11.3. The highest BCUT2D eigenvalue weighted by Crippen LogP contribution is 2.39. The van der Waals surface area contributed by atoms with Gasteiger partial charge in [0.25, 0.3) is 0 Å². The molecule has 9 heteroatoms. The molecule has 0 saturated heterocycles. The largest absolute Gasteiger partial charge is 0.491 e. The van der Waals surface area contributed by atoms with Gasteiger partial charge in [-0.2, -0.15) is 5.06 Å². The molecule has 8 nitrogen and oxygen atoms in total. The molecule has 2 aromatic carbocycles. The van der Waals surface area contributed by atoms with E-state index in [1.54, 1.807) is 26.0 Å². The second-order valence-corrected chi connectivity index (χ2v) is 8.72. The predicted molar refractivity (Wildman–Crippen MR) is 130 cm³/mol. The number of benzene rings is 2. The molecule has 3 aromatic rings. The Bertz CT molecular complexity index is 1130. The number of aliphatic hydroxyl groups is 1. The lowest BCUT2D eigenvalue weighted by Crippen LogP contribution is -2.41. The number of H-pyrrole nitrogens is 1. The van der Waals surface area contributed by atoms with Gasteiger partial charge in [-0.05, 0) is 54.8 Å². The van der Waals surface area contributed by atoms with Crippen molar-refractivity contribution in [2.24, 2.45) is 0 Å². The van der Waals surface area contributed by atoms with Crippen molar-refractivity contribution in [2.45, 2.75) is 25.5 Å². The first-order valence-corrected chi connectivity index (χ1v) is 11.7. The van der Waals surface area contributed by atoms with Gasteiger partial charge in [0.15, 0.2) is 0 Å². The lowest BCUT2D eigenvalue weighted by molar-refractivity contribution is -0.130. The fourth-order valence-electron chi connectivity index (χ4n) is 4.37. The SMILES string of the molecule is CCOC(=O)N1CCc2c([nH]c3ccc(Cl)cc23)C1c1ccc(OCC(O)CN(C)OC)cc1. The van der Waals surface area contributed by atoms with Gasteiger partial charge in [-0.1, -0.05) is 23.7 Å². The van der Waals surface area contributed by atoms with Gasteiger partial charge in [-0.3, -0.25) is 4.90 Å². The number of fused-ring (bicyclic) bond motifs is 3. The summed E-state index contributed by atoms with van der Waals surface area (Å²) in [4.78, 5) is 23.1. The molecule has 0 radical (unpaired) electrons. The van der Waals surface area contributed by atoms with Crippen LogP contribution in [0.2, 0.25) is 5.02 Å². The summed E-state index contributed by atoms with van der Waals surface area (Å²) in [5, 5.41) is 13.4. The van der Waals surface area contributed by atoms with Gasteiger partial charge < -0.3 is 24.4 Å². The number of aliphatic hydroxyl groups excluding tert-OH is 1. The van der Waals surface area contributed by atoms with E-state index in [0.717, 1.165) is 27.7 Å². The molecule has 0 fully saturated rings. The van der Waals surface area contributed by atoms with Crippen molar-refractivity contribution >= 4 is 28.6 Å². The molecule has 2 N–H and O–H groups in total. The summed E-state index contributed by atoms with van der Waals surface area (Å²) < 4.78 is 11.1.